The van der Waals surface area contributed by atoms with Crippen LogP contribution in [0.5, 0.6) is 11.5 Å². The van der Waals surface area contributed by atoms with Gasteiger partial charge in [-0.15, -0.1) is 11.3 Å². The summed E-state index contributed by atoms with van der Waals surface area (Å²) in [4.78, 5) is 37.0. The van der Waals surface area contributed by atoms with Gasteiger partial charge in [0.15, 0.2) is 11.5 Å². The molecule has 1 unspecified atom stereocenters. The van der Waals surface area contributed by atoms with Crippen molar-refractivity contribution >= 4 is 33.9 Å². The summed E-state index contributed by atoms with van der Waals surface area (Å²) in [6.07, 6.45) is -0.473. The molecular formula is C24H23N3O6S. The van der Waals surface area contributed by atoms with Crippen molar-refractivity contribution in [3.05, 3.63) is 79.2 Å². The van der Waals surface area contributed by atoms with Crippen LogP contribution in [0.3, 0.4) is 0 Å². The average Bonchev–Trinajstić information content (AvgIpc) is 3.08. The number of carbonyl (C=O) groups excluding carboxylic acids is 2. The molecule has 10 heteroatoms. The fourth-order valence-corrected chi connectivity index (χ4v) is 4.83. The number of carbonyl (C=O) groups is 2. The number of nitrogens with zero attached hydrogens (tertiary/aromatic N) is 1. The summed E-state index contributed by atoms with van der Waals surface area (Å²) >= 11 is 1.53. The number of fused-ring (bicyclic) bond motifs is 1. The monoisotopic (exact) mass is 481 g/mol. The fraction of sp³-hybridized carbons (Fsp3) is 0.250. The first-order valence-corrected chi connectivity index (χ1v) is 11.4. The lowest BCUT2D eigenvalue weighted by Crippen LogP contribution is -2.38. The van der Waals surface area contributed by atoms with Crippen molar-refractivity contribution in [2.45, 2.75) is 33.9 Å². The van der Waals surface area contributed by atoms with Gasteiger partial charge in [0.05, 0.1) is 22.7 Å². The number of thiophene rings is 1. The fourth-order valence-electron chi connectivity index (χ4n) is 3.74. The van der Waals surface area contributed by atoms with Crippen molar-refractivity contribution in [2.24, 2.45) is 0 Å². The molecule has 1 amide bonds. The number of hydrogen-bond acceptors (Lipinski definition) is 8. The van der Waals surface area contributed by atoms with E-state index in [1.807, 2.05) is 20.8 Å². The van der Waals surface area contributed by atoms with Crippen LogP contribution in [0.1, 0.15) is 55.4 Å². The van der Waals surface area contributed by atoms with Gasteiger partial charge >= 0.3 is 5.97 Å². The van der Waals surface area contributed by atoms with Crippen LogP contribution in [-0.4, -0.2) is 23.4 Å². The second-order valence-corrected chi connectivity index (χ2v) is 9.05. The van der Waals surface area contributed by atoms with E-state index in [2.05, 4.69) is 10.6 Å². The van der Waals surface area contributed by atoms with Gasteiger partial charge < -0.3 is 20.1 Å². The number of ether oxygens (including phenoxy) is 2. The zero-order valence-corrected chi connectivity index (χ0v) is 19.9. The van der Waals surface area contributed by atoms with Crippen LogP contribution in [0.2, 0.25) is 0 Å². The summed E-state index contributed by atoms with van der Waals surface area (Å²) in [6, 6.07) is 9.10. The number of nitro groups is 1. The number of benzene rings is 2. The summed E-state index contributed by atoms with van der Waals surface area (Å²) in [6.45, 7) is 7.60. The lowest BCUT2D eigenvalue weighted by atomic mass is 10.1. The molecule has 1 aliphatic heterocycles. The van der Waals surface area contributed by atoms with Gasteiger partial charge in [-0.05, 0) is 63.1 Å². The van der Waals surface area contributed by atoms with Gasteiger partial charge in [-0.3, -0.25) is 14.9 Å². The molecule has 1 aromatic heterocycles. The quantitative estimate of drug-likeness (QED) is 0.219. The van der Waals surface area contributed by atoms with E-state index >= 15 is 0 Å². The molecule has 0 spiro atoms. The van der Waals surface area contributed by atoms with E-state index in [0.29, 0.717) is 23.5 Å². The Morgan fingerprint density at radius 3 is 2.56 bits per heavy atom. The highest BCUT2D eigenvalue weighted by molar-refractivity contribution is 7.16. The van der Waals surface area contributed by atoms with Crippen LogP contribution in [0, 0.1) is 30.9 Å². The van der Waals surface area contributed by atoms with Crippen molar-refractivity contribution < 1.29 is 24.0 Å². The molecule has 1 atom stereocenters. The van der Waals surface area contributed by atoms with Crippen molar-refractivity contribution in [2.75, 3.05) is 11.9 Å². The highest BCUT2D eigenvalue weighted by Gasteiger charge is 2.29. The summed E-state index contributed by atoms with van der Waals surface area (Å²) in [5.41, 5.74) is 2.83. The van der Waals surface area contributed by atoms with Crippen molar-refractivity contribution in [1.82, 2.24) is 5.32 Å². The molecule has 3 aromatic rings. The number of nitrogens with one attached hydrogen (secondary N) is 2. The SMILES string of the molecule is CCOc1cc(C2NC(=O)c3c(sc(C)c3C)N2)ccc1OC(=O)c1ccc([N+](=O)[O-])c(C)c1. The van der Waals surface area contributed by atoms with E-state index in [4.69, 9.17) is 9.47 Å². The second kappa shape index (κ2) is 9.14. The Bertz CT molecular complexity index is 1320. The first-order valence-electron chi connectivity index (χ1n) is 10.6. The van der Waals surface area contributed by atoms with Crippen molar-refractivity contribution in [1.29, 1.82) is 0 Å². The largest absolute Gasteiger partial charge is 0.490 e. The minimum Gasteiger partial charge on any atom is -0.490 e. The average molecular weight is 482 g/mol. The van der Waals surface area contributed by atoms with Gasteiger partial charge in [0.1, 0.15) is 11.2 Å². The lowest BCUT2D eigenvalue weighted by molar-refractivity contribution is -0.385. The molecular weight excluding hydrogens is 458 g/mol. The lowest BCUT2D eigenvalue weighted by Gasteiger charge is -2.27. The zero-order valence-electron chi connectivity index (χ0n) is 19.1. The van der Waals surface area contributed by atoms with E-state index in [0.717, 1.165) is 21.0 Å². The Labute approximate surface area is 199 Å². The first-order chi connectivity index (χ1) is 16.2. The van der Waals surface area contributed by atoms with Crippen molar-refractivity contribution in [3.63, 3.8) is 0 Å². The molecule has 34 heavy (non-hydrogen) atoms. The van der Waals surface area contributed by atoms with Crippen LogP contribution >= 0.6 is 11.3 Å². The van der Waals surface area contributed by atoms with Gasteiger partial charge in [-0.1, -0.05) is 6.07 Å². The molecule has 0 radical (unpaired) electrons. The summed E-state index contributed by atoms with van der Waals surface area (Å²) < 4.78 is 11.2. The molecule has 2 heterocycles. The number of rotatable bonds is 6. The number of aryl methyl sites for hydroxylation is 2. The van der Waals surface area contributed by atoms with E-state index in [-0.39, 0.29) is 22.9 Å². The maximum Gasteiger partial charge on any atom is 0.343 e. The molecule has 4 rings (SSSR count). The Morgan fingerprint density at radius 2 is 1.88 bits per heavy atom. The number of esters is 1. The molecule has 0 fully saturated rings. The minimum absolute atomic E-state index is 0.0720. The van der Waals surface area contributed by atoms with Crippen LogP contribution in [0.15, 0.2) is 36.4 Å². The van der Waals surface area contributed by atoms with Gasteiger partial charge in [0, 0.05) is 16.5 Å². The van der Waals surface area contributed by atoms with E-state index in [9.17, 15) is 19.7 Å². The maximum absolute atomic E-state index is 12.7. The van der Waals surface area contributed by atoms with Crippen LogP contribution in [0.4, 0.5) is 10.7 Å². The molecule has 1 aliphatic rings. The third kappa shape index (κ3) is 4.32. The van der Waals surface area contributed by atoms with E-state index in [1.165, 1.54) is 29.5 Å². The standard InChI is InChI=1S/C24H23N3O6S/c1-5-32-19-11-15(21-25-22(28)20-13(3)14(4)34-23(20)26-21)7-9-18(19)33-24(29)16-6-8-17(27(30)31)12(2)10-16/h6-11,21,26H,5H2,1-4H3,(H,25,28). The Morgan fingerprint density at radius 1 is 1.12 bits per heavy atom. The molecule has 0 saturated heterocycles. The highest BCUT2D eigenvalue weighted by Crippen LogP contribution is 2.39. The Kier molecular flexibility index (Phi) is 6.25. The molecule has 2 N–H and O–H groups in total. The predicted octanol–water partition coefficient (Wildman–Crippen LogP) is 5.05. The summed E-state index contributed by atoms with van der Waals surface area (Å²) in [7, 11) is 0. The smallest absolute Gasteiger partial charge is 0.343 e. The number of hydrogen-bond donors (Lipinski definition) is 2. The normalized spacial score (nSPS) is 14.6. The topological polar surface area (TPSA) is 120 Å². The molecule has 2 aromatic carbocycles. The molecule has 0 aliphatic carbocycles. The zero-order chi connectivity index (χ0) is 24.6. The molecule has 0 bridgehead atoms. The maximum atomic E-state index is 12.7. The summed E-state index contributed by atoms with van der Waals surface area (Å²) in [5.74, 6) is -0.266. The van der Waals surface area contributed by atoms with E-state index in [1.54, 1.807) is 25.1 Å². The third-order valence-electron chi connectivity index (χ3n) is 5.60. The van der Waals surface area contributed by atoms with Gasteiger partial charge in [0.2, 0.25) is 0 Å². The Hall–Kier alpha value is -3.92. The second-order valence-electron chi connectivity index (χ2n) is 7.83. The van der Waals surface area contributed by atoms with Crippen LogP contribution in [0.25, 0.3) is 0 Å². The van der Waals surface area contributed by atoms with Crippen LogP contribution in [-0.2, 0) is 0 Å². The van der Waals surface area contributed by atoms with Gasteiger partial charge in [-0.2, -0.15) is 0 Å². The third-order valence-corrected chi connectivity index (χ3v) is 6.73. The van der Waals surface area contributed by atoms with Gasteiger partial charge in [0.25, 0.3) is 11.6 Å². The summed E-state index contributed by atoms with van der Waals surface area (Å²) in [5, 5.41) is 18.1. The van der Waals surface area contributed by atoms with Crippen molar-refractivity contribution in [3.8, 4) is 11.5 Å². The van der Waals surface area contributed by atoms with Crippen LogP contribution < -0.4 is 20.1 Å². The molecule has 9 nitrogen and oxygen atoms in total. The minimum atomic E-state index is -0.662. The first kappa shape index (κ1) is 23.2. The Balaban J connectivity index is 1.58. The number of nitro benzene ring substituents is 1. The number of anilines is 1. The van der Waals surface area contributed by atoms with E-state index < -0.39 is 17.1 Å². The predicted molar refractivity (Wildman–Crippen MR) is 128 cm³/mol. The number of amides is 1. The molecule has 176 valence electrons. The highest BCUT2D eigenvalue weighted by atomic mass is 32.1. The molecule has 0 saturated carbocycles. The van der Waals surface area contributed by atoms with Gasteiger partial charge in [-0.25, -0.2) is 4.79 Å².